The number of hydrogen-bond acceptors (Lipinski definition) is 7. The first-order valence-corrected chi connectivity index (χ1v) is 8.14. The maximum atomic E-state index is 12.2. The van der Waals surface area contributed by atoms with Gasteiger partial charge in [0.2, 0.25) is 0 Å². The molecule has 0 radical (unpaired) electrons. The van der Waals surface area contributed by atoms with Gasteiger partial charge in [-0.25, -0.2) is 4.79 Å². The summed E-state index contributed by atoms with van der Waals surface area (Å²) >= 11 is 1.81. The molecule has 0 fully saturated rings. The van der Waals surface area contributed by atoms with Gasteiger partial charge in [-0.15, -0.1) is 11.3 Å². The zero-order chi connectivity index (χ0) is 17.5. The van der Waals surface area contributed by atoms with Crippen LogP contribution in [0.4, 0.5) is 0 Å². The molecule has 1 aromatic heterocycles. The van der Waals surface area contributed by atoms with E-state index in [2.05, 4.69) is 16.3 Å². The van der Waals surface area contributed by atoms with Crippen molar-refractivity contribution < 1.29 is 14.6 Å². The Morgan fingerprint density at radius 3 is 2.58 bits per heavy atom. The molecule has 24 heavy (non-hydrogen) atoms. The Kier molecular flexibility index (Phi) is 6.28. The van der Waals surface area contributed by atoms with E-state index in [-0.39, 0.29) is 12.0 Å². The molecule has 0 saturated carbocycles. The van der Waals surface area contributed by atoms with Crippen molar-refractivity contribution in [2.24, 2.45) is 0 Å². The van der Waals surface area contributed by atoms with Crippen molar-refractivity contribution in [3.8, 4) is 0 Å². The Balaban J connectivity index is 0.000000471. The van der Waals surface area contributed by atoms with E-state index >= 15 is 0 Å². The highest BCUT2D eigenvalue weighted by Gasteiger charge is 2.31. The van der Waals surface area contributed by atoms with Crippen LogP contribution < -0.4 is 0 Å². The summed E-state index contributed by atoms with van der Waals surface area (Å²) in [6.45, 7) is 1.70. The molecule has 3 rings (SSSR count). The molecule has 0 aliphatic carbocycles. The predicted octanol–water partition coefficient (Wildman–Crippen LogP) is 2.78. The fraction of sp³-hybridized carbons (Fsp3) is 0.312. The van der Waals surface area contributed by atoms with Gasteiger partial charge in [-0.3, -0.25) is 4.90 Å². The maximum absolute atomic E-state index is 12.2. The third kappa shape index (κ3) is 4.53. The van der Waals surface area contributed by atoms with Crippen molar-refractivity contribution in [2.45, 2.75) is 19.0 Å². The van der Waals surface area contributed by atoms with Crippen molar-refractivity contribution in [1.29, 1.82) is 0 Å². The lowest BCUT2D eigenvalue weighted by molar-refractivity contribution is -0.402. The normalized spacial score (nSPS) is 14.7. The van der Waals surface area contributed by atoms with E-state index in [1.165, 1.54) is 17.6 Å². The summed E-state index contributed by atoms with van der Waals surface area (Å²) in [7, 11) is 1.46. The second-order valence-electron chi connectivity index (χ2n) is 5.15. The molecular formula is C16H17N2O5S-. The molecule has 1 aliphatic heterocycles. The fourth-order valence-corrected chi connectivity index (χ4v) is 3.62. The molecule has 1 aromatic carbocycles. The molecule has 8 heteroatoms. The standard InChI is InChI=1S/C16H17NO2S.NO3/c1-19-16(18)15(12-5-3-2-4-6-12)17-9-7-14-13(11-17)8-10-20-14;2-1(3)4/h2-6,8,10,15H,7,9,11H2,1H3;/q;-1/t15-;/m0./s1. The highest BCUT2D eigenvalue weighted by atomic mass is 32.1. The van der Waals surface area contributed by atoms with Crippen LogP contribution >= 0.6 is 11.3 Å². The van der Waals surface area contributed by atoms with Crippen molar-refractivity contribution in [2.75, 3.05) is 13.7 Å². The molecule has 1 atom stereocenters. The molecule has 0 bridgehead atoms. The summed E-state index contributed by atoms with van der Waals surface area (Å²) in [6.07, 6.45) is 1.01. The molecule has 2 aromatic rings. The van der Waals surface area contributed by atoms with E-state index in [9.17, 15) is 4.79 Å². The number of thiophene rings is 1. The largest absolute Gasteiger partial charge is 0.468 e. The second kappa shape index (κ2) is 8.42. The number of rotatable bonds is 3. The first-order chi connectivity index (χ1) is 11.5. The van der Waals surface area contributed by atoms with Gasteiger partial charge in [0, 0.05) is 18.0 Å². The lowest BCUT2D eigenvalue weighted by Gasteiger charge is -2.33. The molecule has 0 N–H and O–H groups in total. The lowest BCUT2D eigenvalue weighted by atomic mass is 10.0. The highest BCUT2D eigenvalue weighted by Crippen LogP contribution is 2.30. The van der Waals surface area contributed by atoms with Gasteiger partial charge in [-0.1, -0.05) is 30.3 Å². The molecule has 7 nitrogen and oxygen atoms in total. The summed E-state index contributed by atoms with van der Waals surface area (Å²) < 4.78 is 5.01. The van der Waals surface area contributed by atoms with Gasteiger partial charge < -0.3 is 20.1 Å². The average molecular weight is 349 g/mol. The van der Waals surface area contributed by atoms with Crippen molar-refractivity contribution in [3.63, 3.8) is 0 Å². The van der Waals surface area contributed by atoms with Crippen LogP contribution in [0.3, 0.4) is 0 Å². The number of nitrogens with zero attached hydrogens (tertiary/aromatic N) is 2. The number of ether oxygens (including phenoxy) is 1. The molecule has 128 valence electrons. The van der Waals surface area contributed by atoms with Gasteiger partial charge in [0.25, 0.3) is 0 Å². The van der Waals surface area contributed by atoms with Crippen LogP contribution in [0.25, 0.3) is 0 Å². The van der Waals surface area contributed by atoms with Gasteiger partial charge in [0.15, 0.2) is 0 Å². The van der Waals surface area contributed by atoms with Crippen LogP contribution in [0.15, 0.2) is 41.8 Å². The Morgan fingerprint density at radius 2 is 1.96 bits per heavy atom. The molecular weight excluding hydrogens is 332 g/mol. The SMILES string of the molecule is COC(=O)[C@H](c1ccccc1)N1CCc2sccc2C1.O=[N+]([O-])[O-]. The molecule has 0 saturated heterocycles. The highest BCUT2D eigenvalue weighted by molar-refractivity contribution is 7.10. The van der Waals surface area contributed by atoms with Gasteiger partial charge in [-0.05, 0) is 29.0 Å². The Hall–Kier alpha value is -2.45. The molecule has 0 amide bonds. The topological polar surface area (TPSA) is 95.7 Å². The number of fused-ring (bicyclic) bond motifs is 1. The molecule has 0 spiro atoms. The van der Waals surface area contributed by atoms with Crippen LogP contribution in [0.2, 0.25) is 0 Å². The van der Waals surface area contributed by atoms with Crippen LogP contribution in [-0.4, -0.2) is 29.6 Å². The van der Waals surface area contributed by atoms with E-state index in [4.69, 9.17) is 20.1 Å². The quantitative estimate of drug-likeness (QED) is 0.480. The third-order valence-corrected chi connectivity index (χ3v) is 4.77. The summed E-state index contributed by atoms with van der Waals surface area (Å²) in [5, 5.41) is 16.9. The maximum Gasteiger partial charge on any atom is 0.327 e. The van der Waals surface area contributed by atoms with E-state index < -0.39 is 5.09 Å². The van der Waals surface area contributed by atoms with Gasteiger partial charge in [0.05, 0.1) is 12.2 Å². The molecule has 1 aliphatic rings. The van der Waals surface area contributed by atoms with Gasteiger partial charge in [-0.2, -0.15) is 0 Å². The number of esters is 1. The Labute approximate surface area is 143 Å². The lowest BCUT2D eigenvalue weighted by Crippen LogP contribution is -2.38. The summed E-state index contributed by atoms with van der Waals surface area (Å²) in [6, 6.07) is 11.7. The minimum Gasteiger partial charge on any atom is -0.468 e. The summed E-state index contributed by atoms with van der Waals surface area (Å²) in [4.78, 5) is 24.1. The monoisotopic (exact) mass is 349 g/mol. The Bertz CT molecular complexity index is 685. The summed E-state index contributed by atoms with van der Waals surface area (Å²) in [5.74, 6) is -0.185. The van der Waals surface area contributed by atoms with Crippen LogP contribution in [0.5, 0.6) is 0 Å². The third-order valence-electron chi connectivity index (χ3n) is 3.74. The molecule has 2 heterocycles. The predicted molar refractivity (Wildman–Crippen MR) is 90.0 cm³/mol. The van der Waals surface area contributed by atoms with Crippen LogP contribution in [-0.2, 0) is 22.5 Å². The van der Waals surface area contributed by atoms with E-state index in [0.29, 0.717) is 0 Å². The number of benzene rings is 1. The number of carbonyl (C=O) groups excluding carboxylic acids is 1. The van der Waals surface area contributed by atoms with E-state index in [1.807, 2.05) is 30.3 Å². The summed E-state index contributed by atoms with van der Waals surface area (Å²) in [5.41, 5.74) is 2.34. The fourth-order valence-electron chi connectivity index (χ4n) is 2.73. The Morgan fingerprint density at radius 1 is 1.29 bits per heavy atom. The van der Waals surface area contributed by atoms with Crippen LogP contribution in [0, 0.1) is 15.3 Å². The van der Waals surface area contributed by atoms with Crippen LogP contribution in [0.1, 0.15) is 22.0 Å². The first kappa shape index (κ1) is 17.9. The number of carbonyl (C=O) groups is 1. The van der Waals surface area contributed by atoms with Gasteiger partial charge in [0.1, 0.15) is 6.04 Å². The molecule has 0 unspecified atom stereocenters. The van der Waals surface area contributed by atoms with Crippen molar-refractivity contribution >= 4 is 17.3 Å². The smallest absolute Gasteiger partial charge is 0.327 e. The first-order valence-electron chi connectivity index (χ1n) is 7.26. The van der Waals surface area contributed by atoms with Crippen molar-refractivity contribution in [1.82, 2.24) is 4.90 Å². The zero-order valence-corrected chi connectivity index (χ0v) is 13.9. The second-order valence-corrected chi connectivity index (χ2v) is 6.15. The van der Waals surface area contributed by atoms with Gasteiger partial charge >= 0.3 is 5.97 Å². The number of hydrogen-bond donors (Lipinski definition) is 0. The number of methoxy groups -OCH3 is 1. The average Bonchev–Trinajstić information content (AvgIpc) is 3.03. The van der Waals surface area contributed by atoms with Crippen molar-refractivity contribution in [3.05, 3.63) is 73.1 Å². The minimum absolute atomic E-state index is 0.185. The van der Waals surface area contributed by atoms with E-state index in [1.54, 1.807) is 11.3 Å². The van der Waals surface area contributed by atoms with E-state index in [0.717, 1.165) is 25.1 Å². The minimum atomic E-state index is -1.75. The zero-order valence-electron chi connectivity index (χ0n) is 13.1.